The van der Waals surface area contributed by atoms with Crippen LogP contribution in [-0.4, -0.2) is 19.7 Å². The molecule has 3 heterocycles. The van der Waals surface area contributed by atoms with Crippen molar-refractivity contribution in [1.82, 2.24) is 19.7 Å². The Balaban J connectivity index is 1.59. The molecule has 0 bridgehead atoms. The van der Waals surface area contributed by atoms with Gasteiger partial charge in [-0.3, -0.25) is 9.36 Å². The summed E-state index contributed by atoms with van der Waals surface area (Å²) in [6.45, 7) is 6.84. The molecule has 1 aromatic carbocycles. The summed E-state index contributed by atoms with van der Waals surface area (Å²) in [6, 6.07) is 9.87. The second-order valence-electron chi connectivity index (χ2n) is 7.01. The summed E-state index contributed by atoms with van der Waals surface area (Å²) in [5.74, 6) is 1.87. The minimum Gasteiger partial charge on any atom is -0.338 e. The first-order valence-electron chi connectivity index (χ1n) is 9.01. The lowest BCUT2D eigenvalue weighted by Crippen LogP contribution is -2.24. The van der Waals surface area contributed by atoms with Gasteiger partial charge >= 0.3 is 0 Å². The van der Waals surface area contributed by atoms with Gasteiger partial charge in [0.25, 0.3) is 5.56 Å². The zero-order chi connectivity index (χ0) is 19.7. The van der Waals surface area contributed by atoms with E-state index in [1.54, 1.807) is 4.57 Å². The van der Waals surface area contributed by atoms with Gasteiger partial charge in [-0.2, -0.15) is 4.98 Å². The topological polar surface area (TPSA) is 73.8 Å². The van der Waals surface area contributed by atoms with E-state index in [0.29, 0.717) is 39.8 Å². The van der Waals surface area contributed by atoms with Gasteiger partial charge in [-0.15, -0.1) is 11.3 Å². The predicted molar refractivity (Wildman–Crippen MR) is 113 cm³/mol. The van der Waals surface area contributed by atoms with Crippen molar-refractivity contribution in [3.63, 3.8) is 0 Å². The maximum atomic E-state index is 12.8. The first-order valence-corrected chi connectivity index (χ1v) is 10.9. The largest absolute Gasteiger partial charge is 0.338 e. The van der Waals surface area contributed by atoms with Gasteiger partial charge in [-0.25, -0.2) is 4.98 Å². The molecule has 0 saturated heterocycles. The SMILES string of the molecule is Cc1ccc(-c2noc(CSc3nc4ccsc4c(=O)n3CC(C)C)n2)cc1. The molecule has 0 radical (unpaired) electrons. The van der Waals surface area contributed by atoms with Crippen molar-refractivity contribution in [2.24, 2.45) is 5.92 Å². The van der Waals surface area contributed by atoms with E-state index in [-0.39, 0.29) is 5.56 Å². The second-order valence-corrected chi connectivity index (χ2v) is 8.86. The van der Waals surface area contributed by atoms with Gasteiger partial charge in [-0.05, 0) is 24.3 Å². The molecular formula is C20H20N4O2S2. The van der Waals surface area contributed by atoms with Crippen LogP contribution in [0.4, 0.5) is 0 Å². The molecule has 28 heavy (non-hydrogen) atoms. The molecular weight excluding hydrogens is 392 g/mol. The third-order valence-corrected chi connectivity index (χ3v) is 6.03. The van der Waals surface area contributed by atoms with E-state index in [1.807, 2.05) is 42.6 Å². The Kier molecular flexibility index (Phi) is 5.32. The fraction of sp³-hybridized carbons (Fsp3) is 0.300. The third-order valence-electron chi connectivity index (χ3n) is 4.18. The van der Waals surface area contributed by atoms with Gasteiger partial charge in [0.15, 0.2) is 5.16 Å². The van der Waals surface area contributed by atoms with Crippen molar-refractivity contribution >= 4 is 33.3 Å². The quantitative estimate of drug-likeness (QED) is 0.336. The van der Waals surface area contributed by atoms with Gasteiger partial charge in [0.1, 0.15) is 4.70 Å². The average molecular weight is 413 g/mol. The van der Waals surface area contributed by atoms with Crippen molar-refractivity contribution in [1.29, 1.82) is 0 Å². The normalized spacial score (nSPS) is 11.6. The molecule has 0 unspecified atom stereocenters. The van der Waals surface area contributed by atoms with Gasteiger partial charge < -0.3 is 4.52 Å². The van der Waals surface area contributed by atoms with Crippen LogP contribution in [0, 0.1) is 12.8 Å². The lowest BCUT2D eigenvalue weighted by Gasteiger charge is -2.13. The Hall–Kier alpha value is -2.45. The summed E-state index contributed by atoms with van der Waals surface area (Å²) < 4.78 is 7.85. The third kappa shape index (κ3) is 3.88. The minimum absolute atomic E-state index is 0.0158. The molecule has 0 saturated carbocycles. The molecule has 8 heteroatoms. The van der Waals surface area contributed by atoms with Crippen molar-refractivity contribution in [2.75, 3.05) is 0 Å². The molecule has 0 spiro atoms. The van der Waals surface area contributed by atoms with E-state index in [2.05, 4.69) is 29.0 Å². The molecule has 0 amide bonds. The van der Waals surface area contributed by atoms with Gasteiger partial charge in [0.05, 0.1) is 11.3 Å². The first kappa shape index (κ1) is 18.9. The highest BCUT2D eigenvalue weighted by Crippen LogP contribution is 2.25. The van der Waals surface area contributed by atoms with E-state index in [0.717, 1.165) is 11.1 Å². The van der Waals surface area contributed by atoms with Crippen LogP contribution in [-0.2, 0) is 12.3 Å². The van der Waals surface area contributed by atoms with Crippen LogP contribution in [0.25, 0.3) is 21.6 Å². The summed E-state index contributed by atoms with van der Waals surface area (Å²) in [5, 5.41) is 6.65. The molecule has 0 aliphatic heterocycles. The molecule has 0 atom stereocenters. The van der Waals surface area contributed by atoms with Crippen molar-refractivity contribution in [2.45, 2.75) is 38.2 Å². The summed E-state index contributed by atoms with van der Waals surface area (Å²) in [5.41, 5.74) is 2.85. The Morgan fingerprint density at radius 2 is 1.96 bits per heavy atom. The van der Waals surface area contributed by atoms with E-state index in [9.17, 15) is 4.79 Å². The summed E-state index contributed by atoms with van der Waals surface area (Å²) >= 11 is 2.88. The van der Waals surface area contributed by atoms with Crippen LogP contribution in [0.2, 0.25) is 0 Å². The van der Waals surface area contributed by atoms with Gasteiger partial charge in [-0.1, -0.05) is 60.6 Å². The Morgan fingerprint density at radius 3 is 2.71 bits per heavy atom. The molecule has 0 fully saturated rings. The first-order chi connectivity index (χ1) is 13.5. The second kappa shape index (κ2) is 7.89. The fourth-order valence-electron chi connectivity index (χ4n) is 2.82. The standard InChI is InChI=1S/C20H20N4O2S2/c1-12(2)10-24-19(25)17-15(8-9-27-17)21-20(24)28-11-16-22-18(23-26-16)14-6-4-13(3)5-7-14/h4-9,12H,10-11H2,1-3H3. The summed E-state index contributed by atoms with van der Waals surface area (Å²) in [4.78, 5) is 22.0. The highest BCUT2D eigenvalue weighted by Gasteiger charge is 2.16. The fourth-order valence-corrected chi connectivity index (χ4v) is 4.44. The van der Waals surface area contributed by atoms with Crippen LogP contribution in [0.5, 0.6) is 0 Å². The molecule has 0 N–H and O–H groups in total. The molecule has 6 nitrogen and oxygen atoms in total. The molecule has 0 aliphatic carbocycles. The number of aromatic nitrogens is 4. The molecule has 0 aliphatic rings. The number of fused-ring (bicyclic) bond motifs is 1. The molecule has 4 rings (SSSR count). The average Bonchev–Trinajstić information content (AvgIpc) is 3.32. The Morgan fingerprint density at radius 1 is 1.18 bits per heavy atom. The van der Waals surface area contributed by atoms with Crippen molar-refractivity contribution < 1.29 is 4.52 Å². The monoisotopic (exact) mass is 412 g/mol. The van der Waals surface area contributed by atoms with Crippen molar-refractivity contribution in [3.05, 3.63) is 57.5 Å². The van der Waals surface area contributed by atoms with Gasteiger partial charge in [0, 0.05) is 12.1 Å². The Labute approximate surface area is 170 Å². The number of rotatable bonds is 6. The Bertz CT molecular complexity index is 1160. The zero-order valence-corrected chi connectivity index (χ0v) is 17.5. The maximum Gasteiger partial charge on any atom is 0.272 e. The lowest BCUT2D eigenvalue weighted by molar-refractivity contribution is 0.391. The van der Waals surface area contributed by atoms with E-state index < -0.39 is 0 Å². The van der Waals surface area contributed by atoms with Gasteiger partial charge in [0.2, 0.25) is 11.7 Å². The summed E-state index contributed by atoms with van der Waals surface area (Å²) in [6.07, 6.45) is 0. The highest BCUT2D eigenvalue weighted by atomic mass is 32.2. The molecule has 4 aromatic rings. The van der Waals surface area contributed by atoms with Crippen molar-refractivity contribution in [3.8, 4) is 11.4 Å². The number of aryl methyl sites for hydroxylation is 1. The minimum atomic E-state index is 0.0158. The van der Waals surface area contributed by atoms with Crippen LogP contribution in [0.15, 0.2) is 50.2 Å². The molecule has 3 aromatic heterocycles. The zero-order valence-electron chi connectivity index (χ0n) is 15.9. The van der Waals surface area contributed by atoms with E-state index in [1.165, 1.54) is 28.7 Å². The van der Waals surface area contributed by atoms with Crippen LogP contribution >= 0.6 is 23.1 Å². The van der Waals surface area contributed by atoms with E-state index in [4.69, 9.17) is 4.52 Å². The number of thioether (sulfide) groups is 1. The smallest absolute Gasteiger partial charge is 0.272 e. The van der Waals surface area contributed by atoms with Crippen LogP contribution < -0.4 is 5.56 Å². The number of nitrogens with zero attached hydrogens (tertiary/aromatic N) is 4. The number of hydrogen-bond acceptors (Lipinski definition) is 7. The number of benzene rings is 1. The number of thiophene rings is 1. The summed E-state index contributed by atoms with van der Waals surface area (Å²) in [7, 11) is 0. The lowest BCUT2D eigenvalue weighted by atomic mass is 10.1. The van der Waals surface area contributed by atoms with Crippen LogP contribution in [0.3, 0.4) is 0 Å². The van der Waals surface area contributed by atoms with E-state index >= 15 is 0 Å². The van der Waals surface area contributed by atoms with Crippen LogP contribution in [0.1, 0.15) is 25.3 Å². The number of hydrogen-bond donors (Lipinski definition) is 0. The highest BCUT2D eigenvalue weighted by molar-refractivity contribution is 7.98. The predicted octanol–water partition coefficient (Wildman–Crippen LogP) is 4.76. The molecule has 144 valence electrons. The maximum absolute atomic E-state index is 12.8.